The second-order valence-corrected chi connectivity index (χ2v) is 12.3. The van der Waals surface area contributed by atoms with Crippen molar-refractivity contribution in [2.75, 3.05) is 39.4 Å². The second kappa shape index (κ2) is 9.04. The molecule has 0 aromatic heterocycles. The van der Waals surface area contributed by atoms with Crippen molar-refractivity contribution in [3.05, 3.63) is 33.8 Å². The zero-order chi connectivity index (χ0) is 22.5. The third-order valence-electron chi connectivity index (χ3n) is 7.20. The number of piperazine rings is 1. The molecule has 4 aliphatic rings. The molecule has 3 heterocycles. The van der Waals surface area contributed by atoms with Crippen molar-refractivity contribution in [1.82, 2.24) is 14.1 Å². The maximum absolute atomic E-state index is 13.5. The lowest BCUT2D eigenvalue weighted by Crippen LogP contribution is -2.72. The van der Waals surface area contributed by atoms with Gasteiger partial charge in [0, 0.05) is 13.1 Å². The average Bonchev–Trinajstić information content (AvgIpc) is 3.51. The van der Waals surface area contributed by atoms with E-state index in [1.807, 2.05) is 11.0 Å². The number of fused-ring (bicyclic) bond motifs is 1. The molecule has 1 aliphatic carbocycles. The van der Waals surface area contributed by atoms with E-state index in [9.17, 15) is 13.2 Å². The van der Waals surface area contributed by atoms with Crippen LogP contribution in [-0.4, -0.2) is 91.2 Å². The molecule has 176 valence electrons. The molecular formula is C22H29Cl2N3O4S. The highest BCUT2D eigenvalue weighted by atomic mass is 35.5. The topological polar surface area (TPSA) is 70.2 Å². The first-order valence-corrected chi connectivity index (χ1v) is 13.7. The summed E-state index contributed by atoms with van der Waals surface area (Å²) in [6.45, 7) is 3.50. The fourth-order valence-electron chi connectivity index (χ4n) is 5.44. The highest BCUT2D eigenvalue weighted by Crippen LogP contribution is 2.37. The number of hydrogen-bond acceptors (Lipinski definition) is 5. The van der Waals surface area contributed by atoms with Crippen LogP contribution < -0.4 is 0 Å². The first-order valence-electron chi connectivity index (χ1n) is 11.4. The zero-order valence-corrected chi connectivity index (χ0v) is 20.3. The van der Waals surface area contributed by atoms with Crippen molar-refractivity contribution in [2.45, 2.75) is 55.5 Å². The highest BCUT2D eigenvalue weighted by molar-refractivity contribution is 7.90. The molecule has 10 heteroatoms. The van der Waals surface area contributed by atoms with E-state index in [1.165, 1.54) is 0 Å². The standard InChI is InChI=1S/C22H29Cl2N3O4S/c23-17-6-3-15(11-18(17)24)12-21(28)26-9-10-27(32(29,30)16-4-5-16)20-14-31-13-19(22(20)26)25-7-1-2-8-25/h3,6,11,16,19-20,22H,1-2,4-5,7-10,12-14H2/t19-,20+,22+/m0/s1. The predicted molar refractivity (Wildman–Crippen MR) is 124 cm³/mol. The minimum absolute atomic E-state index is 0.00575. The molecule has 1 aromatic rings. The van der Waals surface area contributed by atoms with E-state index < -0.39 is 10.0 Å². The summed E-state index contributed by atoms with van der Waals surface area (Å²) >= 11 is 12.2. The fourth-order valence-corrected chi connectivity index (χ4v) is 7.77. The number of hydrogen-bond donors (Lipinski definition) is 0. The minimum atomic E-state index is -3.36. The SMILES string of the molecule is O=C(Cc1ccc(Cl)c(Cl)c1)N1CCN(S(=O)(=O)C2CC2)[C@@H]2COC[C@H](N3CCCC3)[C@H]21. The molecule has 5 rings (SSSR count). The van der Waals surface area contributed by atoms with E-state index in [4.69, 9.17) is 27.9 Å². The van der Waals surface area contributed by atoms with Gasteiger partial charge in [0.25, 0.3) is 0 Å². The van der Waals surface area contributed by atoms with E-state index in [0.29, 0.717) is 36.3 Å². The number of sulfonamides is 1. The quantitative estimate of drug-likeness (QED) is 0.619. The molecule has 1 aromatic carbocycles. The summed E-state index contributed by atoms with van der Waals surface area (Å²) in [6, 6.07) is 4.71. The van der Waals surface area contributed by atoms with Crippen molar-refractivity contribution in [3.63, 3.8) is 0 Å². The summed E-state index contributed by atoms with van der Waals surface area (Å²) in [7, 11) is -3.36. The largest absolute Gasteiger partial charge is 0.378 e. The number of rotatable bonds is 5. The normalized spacial score (nSPS) is 29.8. The third-order valence-corrected chi connectivity index (χ3v) is 10.4. The summed E-state index contributed by atoms with van der Waals surface area (Å²) in [5.41, 5.74) is 0.804. The first kappa shape index (κ1) is 22.9. The van der Waals surface area contributed by atoms with Crippen LogP contribution in [0.25, 0.3) is 0 Å². The molecule has 32 heavy (non-hydrogen) atoms. The number of amides is 1. The Labute approximate surface area is 199 Å². The van der Waals surface area contributed by atoms with E-state index in [-0.39, 0.29) is 35.7 Å². The molecule has 0 N–H and O–H groups in total. The molecule has 0 bridgehead atoms. The van der Waals surface area contributed by atoms with Gasteiger partial charge in [-0.3, -0.25) is 9.69 Å². The summed E-state index contributed by atoms with van der Waals surface area (Å²) in [6.07, 6.45) is 3.91. The zero-order valence-electron chi connectivity index (χ0n) is 18.0. The van der Waals surface area contributed by atoms with Crippen molar-refractivity contribution in [2.24, 2.45) is 0 Å². The number of ether oxygens (including phenoxy) is 1. The molecule has 7 nitrogen and oxygen atoms in total. The Morgan fingerprint density at radius 3 is 2.41 bits per heavy atom. The molecular weight excluding hydrogens is 473 g/mol. The highest BCUT2D eigenvalue weighted by Gasteiger charge is 2.53. The number of nitrogens with zero attached hydrogens (tertiary/aromatic N) is 3. The second-order valence-electron chi connectivity index (χ2n) is 9.27. The van der Waals surface area contributed by atoms with Crippen LogP contribution >= 0.6 is 23.2 Å². The number of benzene rings is 1. The molecule has 3 saturated heterocycles. The number of carbonyl (C=O) groups excluding carboxylic acids is 1. The summed E-state index contributed by atoms with van der Waals surface area (Å²) in [5.74, 6) is -0.00652. The van der Waals surface area contributed by atoms with E-state index >= 15 is 0 Å². The minimum Gasteiger partial charge on any atom is -0.378 e. The summed E-state index contributed by atoms with van der Waals surface area (Å²) in [4.78, 5) is 17.8. The smallest absolute Gasteiger partial charge is 0.227 e. The molecule has 0 radical (unpaired) electrons. The van der Waals surface area contributed by atoms with Crippen LogP contribution in [-0.2, 0) is 26.0 Å². The lowest BCUT2D eigenvalue weighted by atomic mass is 9.92. The van der Waals surface area contributed by atoms with Gasteiger partial charge in [0.1, 0.15) is 0 Å². The first-order chi connectivity index (χ1) is 15.4. The van der Waals surface area contributed by atoms with Gasteiger partial charge in [0.05, 0.1) is 53.1 Å². The Morgan fingerprint density at radius 2 is 1.72 bits per heavy atom. The average molecular weight is 502 g/mol. The molecule has 4 fully saturated rings. The summed E-state index contributed by atoms with van der Waals surface area (Å²) < 4.78 is 34.0. The van der Waals surface area contributed by atoms with Gasteiger partial charge in [0.2, 0.25) is 15.9 Å². The Balaban J connectivity index is 1.43. The molecule has 1 amide bonds. The lowest BCUT2D eigenvalue weighted by molar-refractivity contribution is -0.147. The van der Waals surface area contributed by atoms with Crippen molar-refractivity contribution in [1.29, 1.82) is 0 Å². The Bertz CT molecular complexity index is 981. The third kappa shape index (κ3) is 4.30. The van der Waals surface area contributed by atoms with Crippen LogP contribution in [0.1, 0.15) is 31.2 Å². The Kier molecular flexibility index (Phi) is 6.46. The van der Waals surface area contributed by atoms with Crippen LogP contribution in [0.2, 0.25) is 10.0 Å². The number of likely N-dealkylation sites (tertiary alicyclic amines) is 1. The lowest BCUT2D eigenvalue weighted by Gasteiger charge is -2.53. The van der Waals surface area contributed by atoms with Crippen molar-refractivity contribution in [3.8, 4) is 0 Å². The van der Waals surface area contributed by atoms with Gasteiger partial charge in [-0.25, -0.2) is 8.42 Å². The van der Waals surface area contributed by atoms with Crippen LogP contribution in [0.5, 0.6) is 0 Å². The van der Waals surface area contributed by atoms with Gasteiger partial charge >= 0.3 is 0 Å². The fraction of sp³-hybridized carbons (Fsp3) is 0.682. The molecule has 1 saturated carbocycles. The van der Waals surface area contributed by atoms with Crippen LogP contribution in [0, 0.1) is 0 Å². The maximum atomic E-state index is 13.5. The Hall–Kier alpha value is -0.900. The Morgan fingerprint density at radius 1 is 1.00 bits per heavy atom. The summed E-state index contributed by atoms with van der Waals surface area (Å²) in [5, 5.41) is 0.616. The van der Waals surface area contributed by atoms with E-state index in [0.717, 1.165) is 44.3 Å². The van der Waals surface area contributed by atoms with Gasteiger partial charge in [-0.15, -0.1) is 0 Å². The van der Waals surface area contributed by atoms with E-state index in [2.05, 4.69) is 4.90 Å². The predicted octanol–water partition coefficient (Wildman–Crippen LogP) is 2.40. The van der Waals surface area contributed by atoms with Crippen LogP contribution in [0.3, 0.4) is 0 Å². The van der Waals surface area contributed by atoms with Crippen LogP contribution in [0.15, 0.2) is 18.2 Å². The van der Waals surface area contributed by atoms with Gasteiger partial charge in [-0.2, -0.15) is 4.31 Å². The number of carbonyl (C=O) groups is 1. The van der Waals surface area contributed by atoms with Gasteiger partial charge < -0.3 is 9.64 Å². The van der Waals surface area contributed by atoms with E-state index in [1.54, 1.807) is 16.4 Å². The number of halogens is 2. The van der Waals surface area contributed by atoms with Crippen molar-refractivity contribution >= 4 is 39.1 Å². The molecule has 3 aliphatic heterocycles. The molecule has 0 spiro atoms. The molecule has 0 unspecified atom stereocenters. The van der Waals surface area contributed by atoms with Crippen LogP contribution in [0.4, 0.5) is 0 Å². The van der Waals surface area contributed by atoms with Crippen molar-refractivity contribution < 1.29 is 17.9 Å². The molecule has 3 atom stereocenters. The maximum Gasteiger partial charge on any atom is 0.227 e. The van der Waals surface area contributed by atoms with Gasteiger partial charge in [-0.1, -0.05) is 29.3 Å². The van der Waals surface area contributed by atoms with Gasteiger partial charge in [-0.05, 0) is 56.5 Å². The monoisotopic (exact) mass is 501 g/mol. The van der Waals surface area contributed by atoms with Gasteiger partial charge in [0.15, 0.2) is 0 Å².